The maximum absolute atomic E-state index is 5.02. The van der Waals surface area contributed by atoms with Crippen molar-refractivity contribution in [2.75, 3.05) is 51.8 Å². The van der Waals surface area contributed by atoms with Gasteiger partial charge in [0, 0.05) is 30.9 Å². The number of guanidine groups is 1. The zero-order chi connectivity index (χ0) is 15.3. The monoisotopic (exact) mass is 312 g/mol. The van der Waals surface area contributed by atoms with Crippen molar-refractivity contribution in [3.63, 3.8) is 0 Å². The number of hydrogen-bond acceptors (Lipinski definition) is 3. The molecule has 0 saturated carbocycles. The maximum Gasteiger partial charge on any atom is 0.193 e. The number of piperidine rings is 1. The normalized spacial score (nSPS) is 31.0. The van der Waals surface area contributed by atoms with Crippen LogP contribution in [0.1, 0.15) is 33.1 Å². The van der Waals surface area contributed by atoms with Crippen LogP contribution in [0.4, 0.5) is 0 Å². The summed E-state index contributed by atoms with van der Waals surface area (Å²) in [6, 6.07) is 0. The van der Waals surface area contributed by atoms with Crippen LogP contribution in [0.2, 0.25) is 0 Å². The van der Waals surface area contributed by atoms with E-state index in [4.69, 9.17) is 4.99 Å². The molecule has 2 fully saturated rings. The van der Waals surface area contributed by atoms with Crippen molar-refractivity contribution < 1.29 is 0 Å². The third kappa shape index (κ3) is 4.28. The van der Waals surface area contributed by atoms with E-state index in [1.807, 2.05) is 0 Å². The van der Waals surface area contributed by atoms with Gasteiger partial charge in [0.2, 0.25) is 0 Å². The number of hydrogen-bond donors (Lipinski definition) is 1. The molecule has 0 aromatic carbocycles. The number of thioether (sulfide) groups is 1. The fourth-order valence-corrected chi connectivity index (χ4v) is 4.79. The van der Waals surface area contributed by atoms with Crippen molar-refractivity contribution >= 4 is 17.7 Å². The predicted octanol–water partition coefficient (Wildman–Crippen LogP) is 2.12. The lowest BCUT2D eigenvalue weighted by Crippen LogP contribution is -2.50. The summed E-state index contributed by atoms with van der Waals surface area (Å²) >= 11 is 2.07. The molecule has 2 rings (SSSR count). The molecule has 1 N–H and O–H groups in total. The molecule has 4 nitrogen and oxygen atoms in total. The van der Waals surface area contributed by atoms with Gasteiger partial charge in [-0.1, -0.05) is 6.92 Å². The molecule has 0 aromatic heterocycles. The van der Waals surface area contributed by atoms with Crippen LogP contribution in [0.25, 0.3) is 0 Å². The molecule has 122 valence electrons. The van der Waals surface area contributed by atoms with E-state index >= 15 is 0 Å². The fourth-order valence-electron chi connectivity index (χ4n) is 3.24. The molecule has 2 aliphatic rings. The Morgan fingerprint density at radius 1 is 1.48 bits per heavy atom. The largest absolute Gasteiger partial charge is 0.357 e. The minimum Gasteiger partial charge on any atom is -0.357 e. The maximum atomic E-state index is 5.02. The van der Waals surface area contributed by atoms with E-state index in [2.05, 4.69) is 54.8 Å². The highest BCUT2D eigenvalue weighted by molar-refractivity contribution is 7.99. The van der Waals surface area contributed by atoms with Gasteiger partial charge in [0.05, 0.1) is 6.54 Å². The van der Waals surface area contributed by atoms with Gasteiger partial charge in [-0.3, -0.25) is 4.99 Å². The summed E-state index contributed by atoms with van der Waals surface area (Å²) in [6.07, 6.45) is 3.90. The van der Waals surface area contributed by atoms with E-state index < -0.39 is 0 Å². The number of rotatable bonds is 4. The van der Waals surface area contributed by atoms with E-state index in [1.54, 1.807) is 0 Å². The second kappa shape index (κ2) is 7.73. The highest BCUT2D eigenvalue weighted by atomic mass is 32.2. The Morgan fingerprint density at radius 3 is 2.86 bits per heavy atom. The molecule has 0 radical (unpaired) electrons. The molecule has 21 heavy (non-hydrogen) atoms. The lowest BCUT2D eigenvalue weighted by Gasteiger charge is -2.36. The smallest absolute Gasteiger partial charge is 0.193 e. The zero-order valence-corrected chi connectivity index (χ0v) is 15.0. The molecule has 2 atom stereocenters. The van der Waals surface area contributed by atoms with Crippen LogP contribution in [-0.2, 0) is 0 Å². The average molecular weight is 313 g/mol. The van der Waals surface area contributed by atoms with E-state index in [9.17, 15) is 0 Å². The Kier molecular flexibility index (Phi) is 6.23. The molecule has 2 unspecified atom stereocenters. The predicted molar refractivity (Wildman–Crippen MR) is 94.3 cm³/mol. The molecule has 0 aliphatic carbocycles. The molecule has 5 heteroatoms. The minimum absolute atomic E-state index is 0.257. The van der Waals surface area contributed by atoms with E-state index in [0.29, 0.717) is 0 Å². The van der Waals surface area contributed by atoms with Gasteiger partial charge in [0.15, 0.2) is 5.96 Å². The summed E-state index contributed by atoms with van der Waals surface area (Å²) < 4.78 is 0. The first kappa shape index (κ1) is 16.9. The van der Waals surface area contributed by atoms with Crippen molar-refractivity contribution in [1.29, 1.82) is 0 Å². The van der Waals surface area contributed by atoms with Gasteiger partial charge in [-0.15, -0.1) is 0 Å². The van der Waals surface area contributed by atoms with Gasteiger partial charge in [-0.25, -0.2) is 0 Å². The second-order valence-corrected chi connectivity index (χ2v) is 7.89. The molecule has 0 bridgehead atoms. The third-order valence-electron chi connectivity index (χ3n) is 4.85. The number of likely N-dealkylation sites (tertiary alicyclic amines) is 1. The van der Waals surface area contributed by atoms with Crippen molar-refractivity contribution in [3.05, 3.63) is 0 Å². The van der Waals surface area contributed by atoms with Crippen LogP contribution < -0.4 is 5.32 Å². The Labute approximate surface area is 134 Å². The lowest BCUT2D eigenvalue weighted by molar-refractivity contribution is 0.188. The summed E-state index contributed by atoms with van der Waals surface area (Å²) in [6.45, 7) is 8.68. The third-order valence-corrected chi connectivity index (χ3v) is 6.08. The highest BCUT2D eigenvalue weighted by Crippen LogP contribution is 2.32. The van der Waals surface area contributed by atoms with Crippen LogP contribution in [0, 0.1) is 5.92 Å². The van der Waals surface area contributed by atoms with Gasteiger partial charge >= 0.3 is 0 Å². The van der Waals surface area contributed by atoms with E-state index in [0.717, 1.165) is 38.1 Å². The van der Waals surface area contributed by atoms with Gasteiger partial charge in [-0.2, -0.15) is 11.8 Å². The van der Waals surface area contributed by atoms with Crippen LogP contribution >= 0.6 is 11.8 Å². The van der Waals surface area contributed by atoms with Crippen molar-refractivity contribution in [2.24, 2.45) is 10.9 Å². The number of likely N-dealkylation sites (N-methyl/N-ethyl adjacent to an activating group) is 1. The molecular weight excluding hydrogens is 280 g/mol. The van der Waals surface area contributed by atoms with Gasteiger partial charge in [0.1, 0.15) is 0 Å². The summed E-state index contributed by atoms with van der Waals surface area (Å²) in [5.41, 5.74) is 0.257. The second-order valence-electron chi connectivity index (χ2n) is 6.78. The zero-order valence-electron chi connectivity index (χ0n) is 14.2. The molecule has 0 spiro atoms. The van der Waals surface area contributed by atoms with E-state index in [-0.39, 0.29) is 5.54 Å². The van der Waals surface area contributed by atoms with E-state index in [1.165, 1.54) is 30.8 Å². The topological polar surface area (TPSA) is 30.9 Å². The first-order valence-corrected chi connectivity index (χ1v) is 9.51. The first-order valence-electron chi connectivity index (χ1n) is 8.36. The minimum atomic E-state index is 0.257. The van der Waals surface area contributed by atoms with Crippen LogP contribution in [0.5, 0.6) is 0 Å². The SMILES string of the molecule is CCNC(=NCC1(N(C)C)CCSC1)N1CCCC(C)C1. The number of aliphatic imine (C=N–C) groups is 1. The molecule has 0 amide bonds. The van der Waals surface area contributed by atoms with Gasteiger partial charge < -0.3 is 15.1 Å². The summed E-state index contributed by atoms with van der Waals surface area (Å²) in [4.78, 5) is 9.87. The van der Waals surface area contributed by atoms with Crippen LogP contribution in [0.3, 0.4) is 0 Å². The average Bonchev–Trinajstić information content (AvgIpc) is 2.93. The molecule has 2 aliphatic heterocycles. The van der Waals surface area contributed by atoms with Gasteiger partial charge in [-0.05, 0) is 52.0 Å². The molecule has 2 heterocycles. The summed E-state index contributed by atoms with van der Waals surface area (Å²) in [7, 11) is 4.41. The Morgan fingerprint density at radius 2 is 2.29 bits per heavy atom. The Hall–Kier alpha value is -0.420. The molecular formula is C16H32N4S. The fraction of sp³-hybridized carbons (Fsp3) is 0.938. The first-order chi connectivity index (χ1) is 10.1. The lowest BCUT2D eigenvalue weighted by atomic mass is 9.98. The van der Waals surface area contributed by atoms with Crippen LogP contribution in [0.15, 0.2) is 4.99 Å². The molecule has 0 aromatic rings. The van der Waals surface area contributed by atoms with Crippen molar-refractivity contribution in [3.8, 4) is 0 Å². The highest BCUT2D eigenvalue weighted by Gasteiger charge is 2.36. The van der Waals surface area contributed by atoms with Crippen LogP contribution in [-0.4, -0.2) is 73.1 Å². The number of nitrogens with one attached hydrogen (secondary N) is 1. The Bertz CT molecular complexity index is 350. The standard InChI is InChI=1S/C16H32N4S/c1-5-17-15(20-9-6-7-14(2)11-20)18-12-16(19(3)4)8-10-21-13-16/h14H,5-13H2,1-4H3,(H,17,18). The van der Waals surface area contributed by atoms with Gasteiger partial charge in [0.25, 0.3) is 0 Å². The number of nitrogens with zero attached hydrogens (tertiary/aromatic N) is 3. The van der Waals surface area contributed by atoms with Crippen molar-refractivity contribution in [2.45, 2.75) is 38.6 Å². The molecule has 2 saturated heterocycles. The summed E-state index contributed by atoms with van der Waals surface area (Å²) in [5.74, 6) is 4.39. The van der Waals surface area contributed by atoms with Crippen molar-refractivity contribution in [1.82, 2.24) is 15.1 Å². The Balaban J connectivity index is 2.05. The quantitative estimate of drug-likeness (QED) is 0.636. The summed E-state index contributed by atoms with van der Waals surface area (Å²) in [5, 5.41) is 3.50.